The maximum absolute atomic E-state index is 12.3. The summed E-state index contributed by atoms with van der Waals surface area (Å²) in [4.78, 5) is 12.2. The lowest BCUT2D eigenvalue weighted by molar-refractivity contribution is -0.144. The number of nitrogens with one attached hydrogen (secondary N) is 1. The van der Waals surface area contributed by atoms with Gasteiger partial charge in [-0.05, 0) is 57.4 Å². The Hall–Kier alpha value is -1.66. The summed E-state index contributed by atoms with van der Waals surface area (Å²) in [5.41, 5.74) is 1.61. The molecular formula is C18H27NO4S. The molecule has 5 nitrogen and oxygen atoms in total. The van der Waals surface area contributed by atoms with Gasteiger partial charge in [0.1, 0.15) is 11.8 Å². The molecule has 1 aromatic carbocycles. The van der Waals surface area contributed by atoms with Crippen molar-refractivity contribution >= 4 is 22.5 Å². The molecule has 134 valence electrons. The number of rotatable bonds is 8. The van der Waals surface area contributed by atoms with E-state index in [0.717, 1.165) is 11.1 Å². The Morgan fingerprint density at radius 2 is 2.04 bits per heavy atom. The van der Waals surface area contributed by atoms with E-state index < -0.39 is 27.7 Å². The normalized spacial score (nSPS) is 13.9. The van der Waals surface area contributed by atoms with Gasteiger partial charge in [0.05, 0.1) is 29.4 Å². The van der Waals surface area contributed by atoms with Gasteiger partial charge in [0.2, 0.25) is 0 Å². The maximum atomic E-state index is 12.3. The monoisotopic (exact) mass is 353 g/mol. The van der Waals surface area contributed by atoms with Crippen LogP contribution >= 0.6 is 0 Å². The number of carbonyl (C=O) groups is 1. The second kappa shape index (κ2) is 8.99. The second-order valence-electron chi connectivity index (χ2n) is 6.34. The number of hydrogen-bond donors (Lipinski definition) is 1. The first-order valence-corrected chi connectivity index (χ1v) is 9.01. The number of benzene rings is 1. The molecule has 24 heavy (non-hydrogen) atoms. The Morgan fingerprint density at radius 1 is 1.38 bits per heavy atom. The van der Waals surface area contributed by atoms with Crippen LogP contribution in [0.2, 0.25) is 0 Å². The molecule has 0 aliphatic carbocycles. The fourth-order valence-electron chi connectivity index (χ4n) is 1.93. The van der Waals surface area contributed by atoms with E-state index in [-0.39, 0.29) is 6.61 Å². The van der Waals surface area contributed by atoms with Crippen LogP contribution in [0.15, 0.2) is 30.8 Å². The highest BCUT2D eigenvalue weighted by atomic mass is 32.2. The van der Waals surface area contributed by atoms with Gasteiger partial charge in [-0.25, -0.2) is 8.93 Å². The Balaban J connectivity index is 2.92. The molecule has 0 spiro atoms. The Kier molecular flexibility index (Phi) is 7.63. The highest BCUT2D eigenvalue weighted by Crippen LogP contribution is 2.23. The van der Waals surface area contributed by atoms with Crippen molar-refractivity contribution in [2.75, 3.05) is 13.7 Å². The molecular weight excluding hydrogens is 326 g/mol. The summed E-state index contributed by atoms with van der Waals surface area (Å²) in [6.45, 7) is 11.6. The smallest absolute Gasteiger partial charge is 0.324 e. The quantitative estimate of drug-likeness (QED) is 0.730. The van der Waals surface area contributed by atoms with E-state index in [4.69, 9.17) is 9.47 Å². The van der Waals surface area contributed by atoms with Crippen molar-refractivity contribution in [3.8, 4) is 5.75 Å². The molecule has 0 aromatic heterocycles. The summed E-state index contributed by atoms with van der Waals surface area (Å²) < 4.78 is 25.0. The van der Waals surface area contributed by atoms with Crippen LogP contribution in [-0.4, -0.2) is 34.7 Å². The third-order valence-electron chi connectivity index (χ3n) is 3.31. The SMILES string of the molecule is C=C(C[C@H](N[S@@](=O)C(C)(C)C)C(=O)OCC)c1cccc(OC)c1. The molecule has 0 radical (unpaired) electrons. The largest absolute Gasteiger partial charge is 0.497 e. The summed E-state index contributed by atoms with van der Waals surface area (Å²) in [6, 6.07) is 6.73. The first-order chi connectivity index (χ1) is 11.2. The Morgan fingerprint density at radius 3 is 2.58 bits per heavy atom. The zero-order valence-corrected chi connectivity index (χ0v) is 15.9. The molecule has 1 rings (SSSR count). The van der Waals surface area contributed by atoms with E-state index in [1.807, 2.05) is 45.0 Å². The molecule has 0 amide bonds. The van der Waals surface area contributed by atoms with E-state index >= 15 is 0 Å². The molecule has 0 bridgehead atoms. The van der Waals surface area contributed by atoms with Gasteiger partial charge < -0.3 is 9.47 Å². The van der Waals surface area contributed by atoms with Gasteiger partial charge in [-0.15, -0.1) is 0 Å². The molecule has 0 heterocycles. The first kappa shape index (κ1) is 20.4. The van der Waals surface area contributed by atoms with Crippen molar-refractivity contribution < 1.29 is 18.5 Å². The third kappa shape index (κ3) is 6.09. The molecule has 1 N–H and O–H groups in total. The van der Waals surface area contributed by atoms with Crippen molar-refractivity contribution in [1.29, 1.82) is 0 Å². The average Bonchev–Trinajstić information content (AvgIpc) is 2.53. The number of esters is 1. The van der Waals surface area contributed by atoms with Crippen molar-refractivity contribution in [3.05, 3.63) is 36.4 Å². The fraction of sp³-hybridized carbons (Fsp3) is 0.500. The standard InChI is InChI=1S/C18H27NO4S/c1-7-23-17(20)16(19-24(21)18(3,4)5)11-13(2)14-9-8-10-15(12-14)22-6/h8-10,12,16,19H,2,7,11H2,1,3-6H3/t16-,24-/m0/s1. The molecule has 0 fully saturated rings. The van der Waals surface area contributed by atoms with Crippen molar-refractivity contribution in [2.45, 2.75) is 44.9 Å². The van der Waals surface area contributed by atoms with Crippen LogP contribution in [0.4, 0.5) is 0 Å². The molecule has 1 aromatic rings. The maximum Gasteiger partial charge on any atom is 0.324 e. The van der Waals surface area contributed by atoms with Crippen LogP contribution in [0.25, 0.3) is 5.57 Å². The van der Waals surface area contributed by atoms with Crippen LogP contribution in [0.1, 0.15) is 39.7 Å². The van der Waals surface area contributed by atoms with Crippen LogP contribution in [0, 0.1) is 0 Å². The molecule has 2 atom stereocenters. The lowest BCUT2D eigenvalue weighted by Gasteiger charge is -2.23. The Labute approximate surface area is 147 Å². The minimum absolute atomic E-state index is 0.269. The summed E-state index contributed by atoms with van der Waals surface area (Å²) in [5.74, 6) is 0.284. The van der Waals surface area contributed by atoms with E-state index in [1.165, 1.54) is 0 Å². The van der Waals surface area contributed by atoms with Crippen LogP contribution in [0.3, 0.4) is 0 Å². The second-order valence-corrected chi connectivity index (χ2v) is 8.34. The lowest BCUT2D eigenvalue weighted by Crippen LogP contribution is -2.44. The van der Waals surface area contributed by atoms with E-state index in [0.29, 0.717) is 12.2 Å². The minimum Gasteiger partial charge on any atom is -0.497 e. The predicted molar refractivity (Wildman–Crippen MR) is 98.1 cm³/mol. The highest BCUT2D eigenvalue weighted by Gasteiger charge is 2.28. The average molecular weight is 353 g/mol. The lowest BCUT2D eigenvalue weighted by atomic mass is 10.0. The summed E-state index contributed by atoms with van der Waals surface area (Å²) in [6.07, 6.45) is 0.299. The summed E-state index contributed by atoms with van der Waals surface area (Å²) >= 11 is 0. The Bertz CT molecular complexity index is 607. The summed E-state index contributed by atoms with van der Waals surface area (Å²) in [5, 5.41) is 0. The third-order valence-corrected chi connectivity index (χ3v) is 4.92. The first-order valence-electron chi connectivity index (χ1n) is 7.86. The van der Waals surface area contributed by atoms with Gasteiger partial charge >= 0.3 is 5.97 Å². The van der Waals surface area contributed by atoms with E-state index in [9.17, 15) is 9.00 Å². The molecule has 0 aliphatic rings. The highest BCUT2D eigenvalue weighted by molar-refractivity contribution is 7.84. The van der Waals surface area contributed by atoms with Crippen LogP contribution in [0.5, 0.6) is 5.75 Å². The topological polar surface area (TPSA) is 64.6 Å². The molecule has 0 saturated carbocycles. The fourth-order valence-corrected chi connectivity index (χ4v) is 2.72. The van der Waals surface area contributed by atoms with Crippen molar-refractivity contribution in [1.82, 2.24) is 4.72 Å². The molecule has 0 unspecified atom stereocenters. The van der Waals surface area contributed by atoms with Crippen LogP contribution < -0.4 is 9.46 Å². The molecule has 6 heteroatoms. The van der Waals surface area contributed by atoms with Gasteiger partial charge in [-0.1, -0.05) is 18.7 Å². The zero-order valence-electron chi connectivity index (χ0n) is 15.0. The van der Waals surface area contributed by atoms with Gasteiger partial charge in [0.25, 0.3) is 0 Å². The number of ether oxygens (including phenoxy) is 2. The summed E-state index contributed by atoms with van der Waals surface area (Å²) in [7, 11) is 0.208. The molecule has 0 aliphatic heterocycles. The van der Waals surface area contributed by atoms with Crippen molar-refractivity contribution in [3.63, 3.8) is 0 Å². The van der Waals surface area contributed by atoms with E-state index in [2.05, 4.69) is 11.3 Å². The zero-order chi connectivity index (χ0) is 18.3. The minimum atomic E-state index is -1.39. The van der Waals surface area contributed by atoms with Gasteiger partial charge in [-0.3, -0.25) is 4.79 Å². The van der Waals surface area contributed by atoms with Crippen molar-refractivity contribution in [2.24, 2.45) is 0 Å². The van der Waals surface area contributed by atoms with Crippen LogP contribution in [-0.2, 0) is 20.5 Å². The molecule has 0 saturated heterocycles. The number of hydrogen-bond acceptors (Lipinski definition) is 4. The predicted octanol–water partition coefficient (Wildman–Crippen LogP) is 3.08. The van der Waals surface area contributed by atoms with Gasteiger partial charge in [-0.2, -0.15) is 0 Å². The van der Waals surface area contributed by atoms with Gasteiger partial charge in [0, 0.05) is 0 Å². The van der Waals surface area contributed by atoms with E-state index in [1.54, 1.807) is 14.0 Å². The number of carbonyl (C=O) groups excluding carboxylic acids is 1. The number of methoxy groups -OCH3 is 1. The van der Waals surface area contributed by atoms with Gasteiger partial charge in [0.15, 0.2) is 0 Å².